The van der Waals surface area contributed by atoms with Gasteiger partial charge in [-0.2, -0.15) is 0 Å². The quantitative estimate of drug-likeness (QED) is 0.398. The fourth-order valence-corrected chi connectivity index (χ4v) is 3.47. The minimum Gasteiger partial charge on any atom is -0.324 e. The van der Waals surface area contributed by atoms with E-state index in [1.54, 1.807) is 30.5 Å². The lowest BCUT2D eigenvalue weighted by Crippen LogP contribution is -2.32. The summed E-state index contributed by atoms with van der Waals surface area (Å²) in [5.41, 5.74) is 1.05. The van der Waals surface area contributed by atoms with Crippen molar-refractivity contribution in [3.63, 3.8) is 0 Å². The molecule has 5 rings (SSSR count). The fraction of sp³-hybridized carbons (Fsp3) is 0. The summed E-state index contributed by atoms with van der Waals surface area (Å²) in [5, 5.41) is 3.08. The van der Waals surface area contributed by atoms with Crippen molar-refractivity contribution in [3.8, 4) is 0 Å². The highest BCUT2D eigenvalue weighted by Gasteiger charge is 2.39. The molecular formula is C22H12N2O4. The molecule has 0 atom stereocenters. The predicted octanol–water partition coefficient (Wildman–Crippen LogP) is 3.76. The fourth-order valence-electron chi connectivity index (χ4n) is 3.47. The molecule has 6 nitrogen and oxygen atoms in total. The first kappa shape index (κ1) is 16.1. The van der Waals surface area contributed by atoms with E-state index in [2.05, 4.69) is 4.98 Å². The lowest BCUT2D eigenvalue weighted by Gasteiger charge is -2.14. The number of amides is 2. The van der Waals surface area contributed by atoms with Gasteiger partial charge in [0, 0.05) is 11.6 Å². The Hall–Kier alpha value is -4.06. The number of hydrogen-bond acceptors (Lipinski definition) is 5. The van der Waals surface area contributed by atoms with Crippen LogP contribution in [0.5, 0.6) is 0 Å². The Bertz CT molecular complexity index is 1280. The molecule has 0 bridgehead atoms. The van der Waals surface area contributed by atoms with Crippen LogP contribution in [0.1, 0.15) is 31.1 Å². The number of carbonyl (C=O) groups is 3. The average molecular weight is 368 g/mol. The number of imide groups is 1. The smallest absolute Gasteiger partial charge is 0.324 e. The zero-order chi connectivity index (χ0) is 19.3. The molecule has 3 aromatic carbocycles. The molecule has 2 amide bonds. The molecule has 0 unspecified atom stereocenters. The summed E-state index contributed by atoms with van der Waals surface area (Å²) in [7, 11) is 0. The molecule has 0 spiro atoms. The Kier molecular flexibility index (Phi) is 3.45. The highest BCUT2D eigenvalue weighted by molar-refractivity contribution is 6.21. The first-order valence-corrected chi connectivity index (χ1v) is 8.62. The van der Waals surface area contributed by atoms with Crippen LogP contribution in [0.25, 0.3) is 21.7 Å². The molecule has 0 N–H and O–H groups in total. The van der Waals surface area contributed by atoms with Crippen molar-refractivity contribution < 1.29 is 19.2 Å². The third-order valence-electron chi connectivity index (χ3n) is 4.76. The molecule has 0 fully saturated rings. The van der Waals surface area contributed by atoms with Crippen molar-refractivity contribution in [3.05, 3.63) is 89.6 Å². The van der Waals surface area contributed by atoms with Crippen LogP contribution >= 0.6 is 0 Å². The SMILES string of the molecule is O=C(ON1C(=O)c2ccccc2C1=O)c1cc2ccccc2c2cccnc12. The zero-order valence-electron chi connectivity index (χ0n) is 14.5. The minimum atomic E-state index is -0.816. The Labute approximate surface area is 158 Å². The Morgan fingerprint density at radius 2 is 1.46 bits per heavy atom. The first-order chi connectivity index (χ1) is 13.6. The molecule has 0 saturated carbocycles. The van der Waals surface area contributed by atoms with Gasteiger partial charge in [0.25, 0.3) is 11.8 Å². The summed E-state index contributed by atoms with van der Waals surface area (Å²) in [6, 6.07) is 19.2. The van der Waals surface area contributed by atoms with E-state index in [1.807, 2.05) is 30.3 Å². The highest BCUT2D eigenvalue weighted by Crippen LogP contribution is 2.29. The number of benzene rings is 3. The molecule has 0 radical (unpaired) electrons. The number of nitrogens with zero attached hydrogens (tertiary/aromatic N) is 2. The molecule has 0 saturated heterocycles. The Balaban J connectivity index is 1.59. The van der Waals surface area contributed by atoms with Gasteiger partial charge in [0.1, 0.15) is 0 Å². The van der Waals surface area contributed by atoms with Crippen LogP contribution in [-0.4, -0.2) is 27.8 Å². The van der Waals surface area contributed by atoms with Crippen LogP contribution in [0.3, 0.4) is 0 Å². The number of rotatable bonds is 2. The average Bonchev–Trinajstić information content (AvgIpc) is 2.98. The van der Waals surface area contributed by atoms with E-state index in [9.17, 15) is 14.4 Å². The van der Waals surface area contributed by atoms with Crippen LogP contribution in [-0.2, 0) is 4.84 Å². The van der Waals surface area contributed by atoms with Gasteiger partial charge in [-0.25, -0.2) is 4.79 Å². The van der Waals surface area contributed by atoms with Crippen LogP contribution in [0.15, 0.2) is 72.9 Å². The van der Waals surface area contributed by atoms with Gasteiger partial charge in [-0.05, 0) is 35.0 Å². The summed E-state index contributed by atoms with van der Waals surface area (Å²) >= 11 is 0. The number of hydrogen-bond donors (Lipinski definition) is 0. The number of aromatic nitrogens is 1. The van der Waals surface area contributed by atoms with Gasteiger partial charge in [0.2, 0.25) is 0 Å². The van der Waals surface area contributed by atoms with Crippen molar-refractivity contribution in [2.24, 2.45) is 0 Å². The molecule has 6 heteroatoms. The molecule has 134 valence electrons. The van der Waals surface area contributed by atoms with E-state index >= 15 is 0 Å². The molecule has 4 aromatic rings. The first-order valence-electron chi connectivity index (χ1n) is 8.62. The molecule has 28 heavy (non-hydrogen) atoms. The zero-order valence-corrected chi connectivity index (χ0v) is 14.5. The molecule has 1 aromatic heterocycles. The van der Waals surface area contributed by atoms with Crippen molar-refractivity contribution in [1.82, 2.24) is 10.0 Å². The van der Waals surface area contributed by atoms with Gasteiger partial charge < -0.3 is 4.84 Å². The number of hydroxylamine groups is 2. The van der Waals surface area contributed by atoms with Crippen molar-refractivity contribution in [2.45, 2.75) is 0 Å². The van der Waals surface area contributed by atoms with E-state index in [1.165, 1.54) is 12.1 Å². The maximum atomic E-state index is 12.9. The summed E-state index contributed by atoms with van der Waals surface area (Å²) in [4.78, 5) is 47.3. The summed E-state index contributed by atoms with van der Waals surface area (Å²) in [6.45, 7) is 0. The Morgan fingerprint density at radius 1 is 0.821 bits per heavy atom. The normalized spacial score (nSPS) is 13.2. The van der Waals surface area contributed by atoms with E-state index in [0.29, 0.717) is 10.6 Å². The van der Waals surface area contributed by atoms with Crippen LogP contribution in [0.4, 0.5) is 0 Å². The second kappa shape index (κ2) is 5.99. The van der Waals surface area contributed by atoms with Crippen molar-refractivity contribution in [2.75, 3.05) is 0 Å². The van der Waals surface area contributed by atoms with Crippen molar-refractivity contribution in [1.29, 1.82) is 0 Å². The van der Waals surface area contributed by atoms with Crippen LogP contribution < -0.4 is 0 Å². The molecular weight excluding hydrogens is 356 g/mol. The second-order valence-electron chi connectivity index (χ2n) is 6.37. The lowest BCUT2D eigenvalue weighted by atomic mass is 10.0. The summed E-state index contributed by atoms with van der Waals surface area (Å²) in [5.74, 6) is -2.14. The minimum absolute atomic E-state index is 0.186. The molecule has 2 heterocycles. The highest BCUT2D eigenvalue weighted by atomic mass is 16.7. The topological polar surface area (TPSA) is 76.6 Å². The van der Waals surface area contributed by atoms with Gasteiger partial charge in [0.05, 0.1) is 22.2 Å². The molecule has 1 aliphatic rings. The summed E-state index contributed by atoms with van der Waals surface area (Å²) in [6.07, 6.45) is 1.58. The lowest BCUT2D eigenvalue weighted by molar-refractivity contribution is -0.0583. The van der Waals surface area contributed by atoms with Gasteiger partial charge in [-0.1, -0.05) is 47.5 Å². The monoisotopic (exact) mass is 368 g/mol. The number of carbonyl (C=O) groups excluding carboxylic acids is 3. The van der Waals surface area contributed by atoms with Gasteiger partial charge >= 0.3 is 5.97 Å². The molecule has 1 aliphatic heterocycles. The Morgan fingerprint density at radius 3 is 2.21 bits per heavy atom. The van der Waals surface area contributed by atoms with Gasteiger partial charge in [0.15, 0.2) is 0 Å². The van der Waals surface area contributed by atoms with E-state index in [0.717, 1.165) is 16.2 Å². The largest absolute Gasteiger partial charge is 0.366 e. The van der Waals surface area contributed by atoms with Gasteiger partial charge in [-0.3, -0.25) is 14.6 Å². The van der Waals surface area contributed by atoms with Gasteiger partial charge in [-0.15, -0.1) is 0 Å². The maximum absolute atomic E-state index is 12.9. The number of pyridine rings is 1. The van der Waals surface area contributed by atoms with E-state index in [4.69, 9.17) is 4.84 Å². The van der Waals surface area contributed by atoms with E-state index in [-0.39, 0.29) is 16.7 Å². The van der Waals surface area contributed by atoms with Crippen LogP contribution in [0.2, 0.25) is 0 Å². The predicted molar refractivity (Wildman–Crippen MR) is 102 cm³/mol. The maximum Gasteiger partial charge on any atom is 0.366 e. The third kappa shape index (κ3) is 2.28. The van der Waals surface area contributed by atoms with E-state index < -0.39 is 17.8 Å². The van der Waals surface area contributed by atoms with Crippen molar-refractivity contribution >= 4 is 39.5 Å². The standard InChI is InChI=1S/C22H12N2O4/c25-20-16-8-3-4-9-17(16)21(26)24(20)28-22(27)18-12-13-6-1-2-7-14(13)15-10-5-11-23-19(15)18/h1-12H. The number of fused-ring (bicyclic) bond motifs is 4. The van der Waals surface area contributed by atoms with Crippen LogP contribution in [0, 0.1) is 0 Å². The second-order valence-corrected chi connectivity index (χ2v) is 6.37. The summed E-state index contributed by atoms with van der Waals surface area (Å²) < 4.78 is 0. The molecule has 0 aliphatic carbocycles. The third-order valence-corrected chi connectivity index (χ3v) is 4.76.